The number of rotatable bonds is 5. The second-order valence-electron chi connectivity index (χ2n) is 6.61. The fourth-order valence-corrected chi connectivity index (χ4v) is 3.56. The van der Waals surface area contributed by atoms with Crippen LogP contribution in [0.4, 0.5) is 4.79 Å². The molecule has 8 heteroatoms. The first-order valence-electron chi connectivity index (χ1n) is 8.59. The average molecular weight is 359 g/mol. The molecule has 2 N–H and O–H groups in total. The van der Waals surface area contributed by atoms with Crippen LogP contribution in [0.1, 0.15) is 25.3 Å². The number of carboxylic acid groups (broad SMARTS) is 1. The van der Waals surface area contributed by atoms with Crippen molar-refractivity contribution < 1.29 is 24.3 Å². The smallest absolute Gasteiger partial charge is 0.325 e. The lowest BCUT2D eigenvalue weighted by Crippen LogP contribution is -2.45. The van der Waals surface area contributed by atoms with E-state index in [2.05, 4.69) is 5.32 Å². The van der Waals surface area contributed by atoms with Crippen molar-refractivity contribution in [3.05, 3.63) is 35.9 Å². The number of hydrogen-bond donors (Lipinski definition) is 2. The predicted molar refractivity (Wildman–Crippen MR) is 91.0 cm³/mol. The first-order valence-corrected chi connectivity index (χ1v) is 8.59. The maximum absolute atomic E-state index is 13.0. The van der Waals surface area contributed by atoms with Crippen LogP contribution in [-0.4, -0.2) is 58.4 Å². The number of carbonyl (C=O) groups is 4. The molecule has 1 aromatic carbocycles. The van der Waals surface area contributed by atoms with Crippen LogP contribution in [0.25, 0.3) is 0 Å². The summed E-state index contributed by atoms with van der Waals surface area (Å²) in [4.78, 5) is 51.2. The van der Waals surface area contributed by atoms with Crippen LogP contribution in [0, 0.1) is 5.92 Å². The van der Waals surface area contributed by atoms with Crippen LogP contribution in [0.2, 0.25) is 0 Å². The highest BCUT2D eigenvalue weighted by Crippen LogP contribution is 2.32. The van der Waals surface area contributed by atoms with Gasteiger partial charge < -0.3 is 15.3 Å². The second-order valence-corrected chi connectivity index (χ2v) is 6.61. The molecule has 2 heterocycles. The summed E-state index contributed by atoms with van der Waals surface area (Å²) in [7, 11) is 0. The molecule has 0 spiro atoms. The molecule has 0 aliphatic carbocycles. The van der Waals surface area contributed by atoms with E-state index in [1.54, 1.807) is 31.2 Å². The molecule has 26 heavy (non-hydrogen) atoms. The fourth-order valence-electron chi connectivity index (χ4n) is 3.56. The summed E-state index contributed by atoms with van der Waals surface area (Å²) in [5.41, 5.74) is -0.504. The van der Waals surface area contributed by atoms with Gasteiger partial charge in [0.2, 0.25) is 5.91 Å². The minimum absolute atomic E-state index is 0.107. The van der Waals surface area contributed by atoms with E-state index in [9.17, 15) is 19.2 Å². The molecule has 2 unspecified atom stereocenters. The zero-order valence-corrected chi connectivity index (χ0v) is 14.5. The topological polar surface area (TPSA) is 107 Å². The third-order valence-electron chi connectivity index (χ3n) is 5.16. The maximum Gasteiger partial charge on any atom is 0.325 e. The van der Waals surface area contributed by atoms with Crippen molar-refractivity contribution in [2.75, 3.05) is 19.6 Å². The third-order valence-corrected chi connectivity index (χ3v) is 5.16. The van der Waals surface area contributed by atoms with E-state index in [0.29, 0.717) is 24.9 Å². The highest BCUT2D eigenvalue weighted by molar-refractivity contribution is 6.09. The van der Waals surface area contributed by atoms with Crippen molar-refractivity contribution >= 4 is 23.8 Å². The van der Waals surface area contributed by atoms with Gasteiger partial charge in [0.15, 0.2) is 0 Å². The van der Waals surface area contributed by atoms with Crippen molar-refractivity contribution in [3.63, 3.8) is 0 Å². The molecule has 2 fully saturated rings. The van der Waals surface area contributed by atoms with E-state index in [-0.39, 0.29) is 13.1 Å². The zero-order chi connectivity index (χ0) is 18.9. The molecule has 2 aliphatic rings. The van der Waals surface area contributed by atoms with E-state index in [4.69, 9.17) is 5.11 Å². The van der Waals surface area contributed by atoms with Gasteiger partial charge in [-0.1, -0.05) is 37.3 Å². The quantitative estimate of drug-likeness (QED) is 0.756. The average Bonchev–Trinajstić information content (AvgIpc) is 3.22. The lowest BCUT2D eigenvalue weighted by Gasteiger charge is -2.26. The lowest BCUT2D eigenvalue weighted by molar-refractivity contribution is -0.142. The molecule has 138 valence electrons. The summed E-state index contributed by atoms with van der Waals surface area (Å²) in [6.07, 6.45) is 0.737. The Labute approximate surface area is 150 Å². The molecule has 0 aromatic heterocycles. The van der Waals surface area contributed by atoms with Crippen LogP contribution in [0.3, 0.4) is 0 Å². The van der Waals surface area contributed by atoms with Crippen LogP contribution in [-0.2, 0) is 19.9 Å². The molecule has 3 rings (SSSR count). The summed E-state index contributed by atoms with van der Waals surface area (Å²) >= 11 is 0. The van der Waals surface area contributed by atoms with Crippen LogP contribution in [0.15, 0.2) is 30.3 Å². The minimum Gasteiger partial charge on any atom is -0.481 e. The normalized spacial score (nSPS) is 25.5. The van der Waals surface area contributed by atoms with Gasteiger partial charge in [-0.05, 0) is 18.4 Å². The fraction of sp³-hybridized carbons (Fsp3) is 0.444. The number of amides is 4. The van der Waals surface area contributed by atoms with Gasteiger partial charge in [-0.3, -0.25) is 19.3 Å². The predicted octanol–water partition coefficient (Wildman–Crippen LogP) is 0.777. The summed E-state index contributed by atoms with van der Waals surface area (Å²) < 4.78 is 0. The molecular formula is C18H21N3O5. The Kier molecular flexibility index (Phi) is 4.67. The molecular weight excluding hydrogens is 338 g/mol. The molecule has 2 atom stereocenters. The maximum atomic E-state index is 13.0. The van der Waals surface area contributed by atoms with E-state index >= 15 is 0 Å². The number of nitrogens with one attached hydrogen (secondary N) is 1. The van der Waals surface area contributed by atoms with Gasteiger partial charge in [-0.25, -0.2) is 4.79 Å². The molecule has 1 aromatic rings. The zero-order valence-electron chi connectivity index (χ0n) is 14.5. The summed E-state index contributed by atoms with van der Waals surface area (Å²) in [6.45, 7) is 1.84. The summed E-state index contributed by atoms with van der Waals surface area (Å²) in [5.74, 6) is -2.42. The van der Waals surface area contributed by atoms with Crippen LogP contribution in [0.5, 0.6) is 0 Å². The van der Waals surface area contributed by atoms with Gasteiger partial charge in [0.25, 0.3) is 5.91 Å². The second kappa shape index (κ2) is 6.78. The SMILES string of the molecule is CCC1(c2ccccc2)NC(=O)N(CC(=O)N2CCC(C(=O)O)C2)C1=O. The largest absolute Gasteiger partial charge is 0.481 e. The Hall–Kier alpha value is -2.90. The van der Waals surface area contributed by atoms with Crippen LogP contribution >= 0.6 is 0 Å². The molecule has 0 bridgehead atoms. The lowest BCUT2D eigenvalue weighted by atomic mass is 9.87. The highest BCUT2D eigenvalue weighted by atomic mass is 16.4. The Morgan fingerprint density at radius 1 is 1.27 bits per heavy atom. The van der Waals surface area contributed by atoms with E-state index in [1.165, 1.54) is 4.90 Å². The molecule has 2 saturated heterocycles. The third kappa shape index (κ3) is 2.91. The number of imide groups is 1. The number of hydrogen-bond acceptors (Lipinski definition) is 4. The van der Waals surface area contributed by atoms with Crippen LogP contribution < -0.4 is 5.32 Å². The van der Waals surface area contributed by atoms with Gasteiger partial charge in [0, 0.05) is 13.1 Å². The molecule has 2 aliphatic heterocycles. The Morgan fingerprint density at radius 3 is 2.54 bits per heavy atom. The number of benzene rings is 1. The van der Waals surface area contributed by atoms with Gasteiger partial charge in [0.05, 0.1) is 5.92 Å². The van der Waals surface area contributed by atoms with E-state index in [1.807, 2.05) is 6.07 Å². The first-order chi connectivity index (χ1) is 12.4. The minimum atomic E-state index is -1.17. The first kappa shape index (κ1) is 17.9. The van der Waals surface area contributed by atoms with Crippen molar-refractivity contribution in [2.24, 2.45) is 5.92 Å². The molecule has 0 radical (unpaired) electrons. The Bertz CT molecular complexity index is 750. The van der Waals surface area contributed by atoms with Crippen molar-refractivity contribution in [1.82, 2.24) is 15.1 Å². The number of likely N-dealkylation sites (tertiary alicyclic amines) is 1. The summed E-state index contributed by atoms with van der Waals surface area (Å²) in [6, 6.07) is 8.33. The standard InChI is InChI=1S/C18H21N3O5/c1-2-18(13-6-4-3-5-7-13)16(25)21(17(26)19-18)11-14(22)20-9-8-12(10-20)15(23)24/h3-7,12H,2,8-11H2,1H3,(H,19,26)(H,23,24). The van der Waals surface area contributed by atoms with Crippen molar-refractivity contribution in [1.29, 1.82) is 0 Å². The molecule has 8 nitrogen and oxygen atoms in total. The molecule has 0 saturated carbocycles. The number of urea groups is 1. The Morgan fingerprint density at radius 2 is 1.96 bits per heavy atom. The number of carbonyl (C=O) groups excluding carboxylic acids is 3. The number of carboxylic acids is 1. The van der Waals surface area contributed by atoms with Gasteiger partial charge in [0.1, 0.15) is 12.1 Å². The number of nitrogens with zero attached hydrogens (tertiary/aromatic N) is 2. The van der Waals surface area contributed by atoms with Gasteiger partial charge in [-0.15, -0.1) is 0 Å². The van der Waals surface area contributed by atoms with E-state index in [0.717, 1.165) is 4.90 Å². The van der Waals surface area contributed by atoms with Crippen molar-refractivity contribution in [3.8, 4) is 0 Å². The van der Waals surface area contributed by atoms with Gasteiger partial charge >= 0.3 is 12.0 Å². The van der Waals surface area contributed by atoms with Crippen molar-refractivity contribution in [2.45, 2.75) is 25.3 Å². The Balaban J connectivity index is 1.75. The monoisotopic (exact) mass is 359 g/mol. The summed E-state index contributed by atoms with van der Waals surface area (Å²) in [5, 5.41) is 11.8. The number of aliphatic carboxylic acids is 1. The van der Waals surface area contributed by atoms with E-state index < -0.39 is 35.3 Å². The molecule has 4 amide bonds. The van der Waals surface area contributed by atoms with Gasteiger partial charge in [-0.2, -0.15) is 0 Å². The highest BCUT2D eigenvalue weighted by Gasteiger charge is 2.52.